The lowest BCUT2D eigenvalue weighted by Gasteiger charge is -1.97. The molecule has 0 aromatic carbocycles. The number of allylic oxidation sites excluding steroid dienone is 4. The van der Waals surface area contributed by atoms with Gasteiger partial charge in [0.2, 0.25) is 0 Å². The molecule has 0 saturated heterocycles. The molecule has 0 aliphatic carbocycles. The molecule has 12 heavy (non-hydrogen) atoms. The van der Waals surface area contributed by atoms with Crippen LogP contribution in [0.4, 0.5) is 0 Å². The van der Waals surface area contributed by atoms with Gasteiger partial charge in [0.25, 0.3) is 0 Å². The predicted molar refractivity (Wildman–Crippen MR) is 69.2 cm³/mol. The number of hydrogen-bond acceptors (Lipinski definition) is 1. The predicted octanol–water partition coefficient (Wildman–Crippen LogP) is 4.41. The van der Waals surface area contributed by atoms with Crippen LogP contribution < -0.4 is 0 Å². The zero-order valence-corrected chi connectivity index (χ0v) is 10.8. The third-order valence-corrected chi connectivity index (χ3v) is 2.88. The molecule has 0 aliphatic heterocycles. The van der Waals surface area contributed by atoms with Gasteiger partial charge in [0.15, 0.2) is 0 Å². The number of unbranched alkanes of at least 4 members (excludes halogenated alkanes) is 1. The summed E-state index contributed by atoms with van der Waals surface area (Å²) in [5.41, 5.74) is 0. The highest BCUT2D eigenvalue weighted by Gasteiger charge is 1.90. The van der Waals surface area contributed by atoms with E-state index in [9.17, 15) is 0 Å². The first-order valence-electron chi connectivity index (χ1n) is 4.30. The van der Waals surface area contributed by atoms with Crippen molar-refractivity contribution < 1.29 is 0 Å². The minimum Gasteiger partial charge on any atom is -0.134 e. The van der Waals surface area contributed by atoms with Gasteiger partial charge < -0.3 is 0 Å². The lowest BCUT2D eigenvalue weighted by atomic mass is 10.3. The van der Waals surface area contributed by atoms with Crippen LogP contribution in [0.25, 0.3) is 0 Å². The van der Waals surface area contributed by atoms with Crippen LogP contribution in [0.1, 0.15) is 26.2 Å². The molecule has 0 aliphatic rings. The lowest BCUT2D eigenvalue weighted by Crippen LogP contribution is -1.76. The second-order valence-electron chi connectivity index (χ2n) is 2.49. The lowest BCUT2D eigenvalue weighted by molar-refractivity contribution is 0.958. The smallest absolute Gasteiger partial charge is 0.00408 e. The van der Waals surface area contributed by atoms with E-state index in [4.69, 9.17) is 0 Å². The van der Waals surface area contributed by atoms with Crippen LogP contribution in [0.2, 0.25) is 0 Å². The van der Waals surface area contributed by atoms with Gasteiger partial charge in [-0.05, 0) is 24.0 Å². The van der Waals surface area contributed by atoms with Gasteiger partial charge in [0.1, 0.15) is 0 Å². The summed E-state index contributed by atoms with van der Waals surface area (Å²) in [7, 11) is 0. The fraction of sp³-hybridized carbons (Fsp3) is 0.600. The Morgan fingerprint density at radius 3 is 2.75 bits per heavy atom. The average Bonchev–Trinajstić information content (AvgIpc) is 2.10. The summed E-state index contributed by atoms with van der Waals surface area (Å²) >= 11 is 4.27. The van der Waals surface area contributed by atoms with E-state index in [1.807, 2.05) is 11.8 Å². The summed E-state index contributed by atoms with van der Waals surface area (Å²) in [5, 5.41) is 0. The van der Waals surface area contributed by atoms with Crippen LogP contribution in [-0.4, -0.2) is 10.7 Å². The molecule has 2 heteroatoms. The number of rotatable bonds is 6. The quantitative estimate of drug-likeness (QED) is 0.397. The van der Waals surface area contributed by atoms with Crippen molar-refractivity contribution in [1.82, 2.24) is 0 Å². The Labute approximate surface area is 94.0 Å². The second kappa shape index (κ2) is 9.65. The molecule has 0 N–H and O–H groups in total. The highest BCUT2D eigenvalue weighted by atomic mass is 127. The third-order valence-electron chi connectivity index (χ3n) is 1.48. The summed E-state index contributed by atoms with van der Waals surface area (Å²) in [4.78, 5) is 1.48. The van der Waals surface area contributed by atoms with E-state index in [0.29, 0.717) is 0 Å². The molecule has 0 fully saturated rings. The number of hydrogen-bond donors (Lipinski definition) is 0. The molecule has 0 radical (unpaired) electrons. The maximum absolute atomic E-state index is 2.42. The number of alkyl halides is 1. The van der Waals surface area contributed by atoms with Gasteiger partial charge in [-0.25, -0.2) is 0 Å². The van der Waals surface area contributed by atoms with Crippen LogP contribution in [0.3, 0.4) is 0 Å². The van der Waals surface area contributed by atoms with Crippen molar-refractivity contribution in [3.05, 3.63) is 23.1 Å². The van der Waals surface area contributed by atoms with Crippen molar-refractivity contribution in [2.75, 3.05) is 10.7 Å². The van der Waals surface area contributed by atoms with E-state index in [0.717, 1.165) is 0 Å². The van der Waals surface area contributed by atoms with Gasteiger partial charge >= 0.3 is 0 Å². The molecular weight excluding hydrogens is 279 g/mol. The van der Waals surface area contributed by atoms with Gasteiger partial charge in [-0.2, -0.15) is 0 Å². The van der Waals surface area contributed by atoms with E-state index >= 15 is 0 Å². The molecule has 0 nitrogen and oxygen atoms in total. The van der Waals surface area contributed by atoms with Gasteiger partial charge in [-0.1, -0.05) is 54.2 Å². The SMILES string of the molecule is CCC/C=C/C=C(\CCI)SC. The minimum absolute atomic E-state index is 1.20. The highest BCUT2D eigenvalue weighted by molar-refractivity contribution is 14.1. The fourth-order valence-corrected chi connectivity index (χ4v) is 2.25. The Morgan fingerprint density at radius 1 is 1.50 bits per heavy atom. The van der Waals surface area contributed by atoms with Crippen molar-refractivity contribution >= 4 is 34.4 Å². The highest BCUT2D eigenvalue weighted by Crippen LogP contribution is 2.16. The van der Waals surface area contributed by atoms with E-state index in [1.165, 1.54) is 28.6 Å². The largest absolute Gasteiger partial charge is 0.134 e. The van der Waals surface area contributed by atoms with Gasteiger partial charge in [0, 0.05) is 4.43 Å². The molecule has 0 atom stereocenters. The van der Waals surface area contributed by atoms with Crippen LogP contribution in [0.15, 0.2) is 23.1 Å². The molecule has 0 aromatic rings. The number of thioether (sulfide) groups is 1. The van der Waals surface area contributed by atoms with E-state index < -0.39 is 0 Å². The Hall–Kier alpha value is 0.560. The van der Waals surface area contributed by atoms with Gasteiger partial charge in [0.05, 0.1) is 0 Å². The van der Waals surface area contributed by atoms with E-state index in [-0.39, 0.29) is 0 Å². The van der Waals surface area contributed by atoms with Crippen LogP contribution in [0, 0.1) is 0 Å². The Morgan fingerprint density at radius 2 is 2.25 bits per heavy atom. The maximum Gasteiger partial charge on any atom is 0.00408 e. The second-order valence-corrected chi connectivity index (χ2v) is 4.50. The Balaban J connectivity index is 3.75. The molecule has 0 rings (SSSR count). The molecular formula is C10H17IS. The molecule has 0 amide bonds. The van der Waals surface area contributed by atoms with Gasteiger partial charge in [-0.3, -0.25) is 0 Å². The fourth-order valence-electron chi connectivity index (χ4n) is 0.785. The maximum atomic E-state index is 2.42. The zero-order chi connectivity index (χ0) is 9.23. The van der Waals surface area contributed by atoms with Crippen LogP contribution in [0.5, 0.6) is 0 Å². The topological polar surface area (TPSA) is 0 Å². The zero-order valence-electron chi connectivity index (χ0n) is 7.85. The molecule has 0 heterocycles. The van der Waals surface area contributed by atoms with Gasteiger partial charge in [-0.15, -0.1) is 11.8 Å². The van der Waals surface area contributed by atoms with Crippen molar-refractivity contribution in [3.8, 4) is 0 Å². The first-order valence-corrected chi connectivity index (χ1v) is 7.05. The first-order chi connectivity index (χ1) is 5.85. The molecule has 0 bridgehead atoms. The molecule has 0 unspecified atom stereocenters. The summed E-state index contributed by atoms with van der Waals surface area (Å²) in [5.74, 6) is 0. The third kappa shape index (κ3) is 7.22. The van der Waals surface area contributed by atoms with Crippen molar-refractivity contribution in [2.24, 2.45) is 0 Å². The normalized spacial score (nSPS) is 12.8. The van der Waals surface area contributed by atoms with Crippen molar-refractivity contribution in [1.29, 1.82) is 0 Å². The molecule has 70 valence electrons. The van der Waals surface area contributed by atoms with Crippen LogP contribution in [-0.2, 0) is 0 Å². The van der Waals surface area contributed by atoms with Crippen molar-refractivity contribution in [3.63, 3.8) is 0 Å². The Bertz CT molecular complexity index is 150. The monoisotopic (exact) mass is 296 g/mol. The summed E-state index contributed by atoms with van der Waals surface area (Å²) in [6, 6.07) is 0. The Kier molecular flexibility index (Phi) is 10.1. The molecule has 0 spiro atoms. The number of halogens is 1. The average molecular weight is 296 g/mol. The van der Waals surface area contributed by atoms with Crippen molar-refractivity contribution in [2.45, 2.75) is 26.2 Å². The molecule has 0 aromatic heterocycles. The summed E-state index contributed by atoms with van der Waals surface area (Å²) < 4.78 is 1.21. The first kappa shape index (κ1) is 12.6. The minimum atomic E-state index is 1.20. The van der Waals surface area contributed by atoms with E-state index in [1.54, 1.807) is 0 Å². The molecule has 0 saturated carbocycles. The summed E-state index contributed by atoms with van der Waals surface area (Å²) in [6.07, 6.45) is 12.4. The summed E-state index contributed by atoms with van der Waals surface area (Å²) in [6.45, 7) is 2.20. The van der Waals surface area contributed by atoms with Crippen LogP contribution >= 0.6 is 34.4 Å². The standard InChI is InChI=1S/C10H17IS/c1-3-4-5-6-7-10(12-2)8-9-11/h5-7H,3-4,8-9H2,1-2H3/b6-5+,10-7+. The van der Waals surface area contributed by atoms with E-state index in [2.05, 4.69) is 54.0 Å².